The van der Waals surface area contributed by atoms with E-state index in [2.05, 4.69) is 20.8 Å². The number of methoxy groups -OCH3 is 1. The van der Waals surface area contributed by atoms with Gasteiger partial charge in [0.15, 0.2) is 0 Å². The van der Waals surface area contributed by atoms with Crippen molar-refractivity contribution in [1.82, 2.24) is 25.5 Å². The molecular formula is C10H17N5O2S. The molecule has 100 valence electrons. The lowest BCUT2D eigenvalue weighted by Crippen LogP contribution is -2.33. The molecule has 1 aromatic rings. The van der Waals surface area contributed by atoms with Crippen molar-refractivity contribution in [2.75, 3.05) is 20.3 Å². The first-order valence-electron chi connectivity index (χ1n) is 5.93. The van der Waals surface area contributed by atoms with E-state index < -0.39 is 0 Å². The van der Waals surface area contributed by atoms with Gasteiger partial charge in [-0.3, -0.25) is 4.79 Å². The topological polar surface area (TPSA) is 81.9 Å². The van der Waals surface area contributed by atoms with Crippen LogP contribution in [0.1, 0.15) is 25.8 Å². The molecule has 0 aromatic carbocycles. The second-order valence-electron chi connectivity index (χ2n) is 4.18. The van der Waals surface area contributed by atoms with E-state index in [4.69, 9.17) is 4.74 Å². The fourth-order valence-corrected chi connectivity index (χ4v) is 2.33. The number of hydrogen-bond donors (Lipinski definition) is 1. The molecule has 1 fully saturated rings. The molecule has 0 bridgehead atoms. The first-order chi connectivity index (χ1) is 8.72. The zero-order chi connectivity index (χ0) is 13.0. The highest BCUT2D eigenvalue weighted by atomic mass is 32.2. The Hall–Kier alpha value is -1.15. The van der Waals surface area contributed by atoms with E-state index in [1.165, 1.54) is 11.8 Å². The summed E-state index contributed by atoms with van der Waals surface area (Å²) in [5.74, 6) is -0.0256. The summed E-state index contributed by atoms with van der Waals surface area (Å²) in [6.07, 6.45) is 2.24. The molecule has 18 heavy (non-hydrogen) atoms. The molecule has 0 radical (unpaired) electrons. The van der Waals surface area contributed by atoms with Crippen LogP contribution in [0.5, 0.6) is 0 Å². The lowest BCUT2D eigenvalue weighted by molar-refractivity contribution is -0.120. The maximum Gasteiger partial charge on any atom is 0.233 e. The Morgan fingerprint density at radius 3 is 3.11 bits per heavy atom. The van der Waals surface area contributed by atoms with Crippen LogP contribution < -0.4 is 5.32 Å². The zero-order valence-corrected chi connectivity index (χ0v) is 11.3. The summed E-state index contributed by atoms with van der Waals surface area (Å²) < 4.78 is 6.69. The van der Waals surface area contributed by atoms with E-state index >= 15 is 0 Å². The van der Waals surface area contributed by atoms with Crippen LogP contribution in [0.2, 0.25) is 0 Å². The molecule has 1 aliphatic carbocycles. The van der Waals surface area contributed by atoms with E-state index in [9.17, 15) is 4.79 Å². The third-order valence-electron chi connectivity index (χ3n) is 2.61. The van der Waals surface area contributed by atoms with Gasteiger partial charge in [-0.05, 0) is 30.2 Å². The molecule has 7 nitrogen and oxygen atoms in total. The van der Waals surface area contributed by atoms with Gasteiger partial charge in [-0.25, -0.2) is 4.68 Å². The van der Waals surface area contributed by atoms with Crippen LogP contribution in [0, 0.1) is 0 Å². The molecule has 0 saturated heterocycles. The number of amides is 1. The number of ether oxygens (including phenoxy) is 1. The highest BCUT2D eigenvalue weighted by Crippen LogP contribution is 2.37. The second kappa shape index (κ2) is 6.14. The average molecular weight is 271 g/mol. The average Bonchev–Trinajstić information content (AvgIpc) is 3.10. The summed E-state index contributed by atoms with van der Waals surface area (Å²) in [5, 5.41) is 14.9. The number of aromatic nitrogens is 4. The van der Waals surface area contributed by atoms with Gasteiger partial charge < -0.3 is 10.1 Å². The van der Waals surface area contributed by atoms with Crippen LogP contribution in [-0.2, 0) is 9.53 Å². The quantitative estimate of drug-likeness (QED) is 0.565. The molecule has 1 aromatic heterocycles. The Morgan fingerprint density at radius 1 is 1.67 bits per heavy atom. The minimum Gasteiger partial charge on any atom is -0.383 e. The summed E-state index contributed by atoms with van der Waals surface area (Å²) in [6.45, 7) is 2.88. The van der Waals surface area contributed by atoms with Gasteiger partial charge in [-0.15, -0.1) is 5.10 Å². The molecular weight excluding hydrogens is 254 g/mol. The molecule has 1 amide bonds. The standard InChI is InChI=1S/C10H17N5O2S/c1-7(9(16)11-5-6-17-2)18-10-12-13-14-15(10)8-3-4-8/h7-8H,3-6H2,1-2H3,(H,11,16). The monoisotopic (exact) mass is 271 g/mol. The number of hydrogen-bond acceptors (Lipinski definition) is 6. The van der Waals surface area contributed by atoms with Gasteiger partial charge in [-0.2, -0.15) is 0 Å². The van der Waals surface area contributed by atoms with Gasteiger partial charge in [-0.1, -0.05) is 11.8 Å². The highest BCUT2D eigenvalue weighted by molar-refractivity contribution is 8.00. The van der Waals surface area contributed by atoms with Gasteiger partial charge in [0.2, 0.25) is 11.1 Å². The summed E-state index contributed by atoms with van der Waals surface area (Å²) >= 11 is 1.39. The third-order valence-corrected chi connectivity index (χ3v) is 3.66. The van der Waals surface area contributed by atoms with Gasteiger partial charge in [0.1, 0.15) is 0 Å². The molecule has 0 spiro atoms. The Bertz CT molecular complexity index is 407. The maximum absolute atomic E-state index is 11.8. The van der Waals surface area contributed by atoms with Gasteiger partial charge in [0.25, 0.3) is 0 Å². The fraction of sp³-hybridized carbons (Fsp3) is 0.800. The Balaban J connectivity index is 1.84. The number of nitrogens with one attached hydrogen (secondary N) is 1. The van der Waals surface area contributed by atoms with Crippen molar-refractivity contribution in [3.63, 3.8) is 0 Å². The lowest BCUT2D eigenvalue weighted by atomic mass is 10.4. The second-order valence-corrected chi connectivity index (χ2v) is 5.49. The van der Waals surface area contributed by atoms with Gasteiger partial charge in [0, 0.05) is 13.7 Å². The highest BCUT2D eigenvalue weighted by Gasteiger charge is 2.29. The van der Waals surface area contributed by atoms with Crippen molar-refractivity contribution in [3.8, 4) is 0 Å². The van der Waals surface area contributed by atoms with Crippen molar-refractivity contribution in [1.29, 1.82) is 0 Å². The molecule has 2 rings (SSSR count). The van der Waals surface area contributed by atoms with Crippen molar-refractivity contribution in [3.05, 3.63) is 0 Å². The first-order valence-corrected chi connectivity index (χ1v) is 6.81. The Labute approximate surface area is 110 Å². The normalized spacial score (nSPS) is 16.6. The number of nitrogens with zero attached hydrogens (tertiary/aromatic N) is 4. The summed E-state index contributed by atoms with van der Waals surface area (Å²) in [6, 6.07) is 0.422. The van der Waals surface area contributed by atoms with Crippen LogP contribution in [0.15, 0.2) is 5.16 Å². The van der Waals surface area contributed by atoms with Crippen molar-refractivity contribution < 1.29 is 9.53 Å². The van der Waals surface area contributed by atoms with Crippen molar-refractivity contribution in [2.24, 2.45) is 0 Å². The number of tetrazole rings is 1. The Morgan fingerprint density at radius 2 is 2.44 bits per heavy atom. The molecule has 1 N–H and O–H groups in total. The molecule has 1 aliphatic rings. The number of rotatable bonds is 7. The van der Waals surface area contributed by atoms with E-state index in [1.807, 2.05) is 11.6 Å². The van der Waals surface area contributed by atoms with E-state index in [0.29, 0.717) is 24.3 Å². The first kappa shape index (κ1) is 13.3. The predicted molar refractivity (Wildman–Crippen MR) is 66.3 cm³/mol. The maximum atomic E-state index is 11.8. The zero-order valence-electron chi connectivity index (χ0n) is 10.5. The van der Waals surface area contributed by atoms with Crippen LogP contribution in [-0.4, -0.2) is 51.6 Å². The molecule has 1 saturated carbocycles. The fourth-order valence-electron chi connectivity index (χ4n) is 1.44. The lowest BCUT2D eigenvalue weighted by Gasteiger charge is -2.11. The van der Waals surface area contributed by atoms with Crippen molar-refractivity contribution in [2.45, 2.75) is 36.2 Å². The largest absolute Gasteiger partial charge is 0.383 e. The summed E-state index contributed by atoms with van der Waals surface area (Å²) in [7, 11) is 1.61. The molecule has 1 heterocycles. The Kier molecular flexibility index (Phi) is 4.54. The van der Waals surface area contributed by atoms with Gasteiger partial charge in [0.05, 0.1) is 17.9 Å². The number of thioether (sulfide) groups is 1. The third kappa shape index (κ3) is 3.42. The van der Waals surface area contributed by atoms with Crippen LogP contribution >= 0.6 is 11.8 Å². The molecule has 1 atom stereocenters. The minimum absolute atomic E-state index is 0.0256. The molecule has 8 heteroatoms. The smallest absolute Gasteiger partial charge is 0.233 e. The van der Waals surface area contributed by atoms with Gasteiger partial charge >= 0.3 is 0 Å². The van der Waals surface area contributed by atoms with Crippen LogP contribution in [0.3, 0.4) is 0 Å². The number of carbonyl (C=O) groups excluding carboxylic acids is 1. The molecule has 0 aliphatic heterocycles. The molecule has 1 unspecified atom stereocenters. The minimum atomic E-state index is -0.217. The van der Waals surface area contributed by atoms with Crippen molar-refractivity contribution >= 4 is 17.7 Å². The van der Waals surface area contributed by atoms with E-state index in [-0.39, 0.29) is 11.2 Å². The van der Waals surface area contributed by atoms with E-state index in [1.54, 1.807) is 7.11 Å². The van der Waals surface area contributed by atoms with E-state index in [0.717, 1.165) is 12.8 Å². The number of carbonyl (C=O) groups is 1. The van der Waals surface area contributed by atoms with Crippen LogP contribution in [0.4, 0.5) is 0 Å². The van der Waals surface area contributed by atoms with Crippen LogP contribution in [0.25, 0.3) is 0 Å². The summed E-state index contributed by atoms with van der Waals surface area (Å²) in [5.41, 5.74) is 0. The summed E-state index contributed by atoms with van der Waals surface area (Å²) in [4.78, 5) is 11.8. The SMILES string of the molecule is COCCNC(=O)C(C)Sc1nnnn1C1CC1. The predicted octanol–water partition coefficient (Wildman–Crippen LogP) is 0.251.